The quantitative estimate of drug-likeness (QED) is 0.508. The lowest BCUT2D eigenvalue weighted by molar-refractivity contribution is -0.145. The minimum absolute atomic E-state index is 0.0728. The van der Waals surface area contributed by atoms with Gasteiger partial charge in [-0.2, -0.15) is 0 Å². The van der Waals surface area contributed by atoms with Crippen LogP contribution in [0.1, 0.15) is 59.4 Å². The first-order valence-corrected chi connectivity index (χ1v) is 11.9. The van der Waals surface area contributed by atoms with Crippen molar-refractivity contribution in [2.45, 2.75) is 84.2 Å². The molecule has 1 saturated carbocycles. The number of alkyl carbamates (subject to hydrolysis) is 1. The molecule has 1 aromatic rings. The van der Waals surface area contributed by atoms with E-state index < -0.39 is 41.6 Å². The van der Waals surface area contributed by atoms with Crippen LogP contribution in [0.15, 0.2) is 30.3 Å². The lowest BCUT2D eigenvalue weighted by Gasteiger charge is -2.42. The molecule has 2 rings (SSSR count). The van der Waals surface area contributed by atoms with Gasteiger partial charge in [-0.1, -0.05) is 30.3 Å². The molecule has 10 nitrogen and oxygen atoms in total. The molecule has 1 fully saturated rings. The van der Waals surface area contributed by atoms with Gasteiger partial charge >= 0.3 is 18.2 Å². The van der Waals surface area contributed by atoms with E-state index in [1.807, 2.05) is 44.2 Å². The summed E-state index contributed by atoms with van der Waals surface area (Å²) in [4.78, 5) is 50.6. The summed E-state index contributed by atoms with van der Waals surface area (Å²) in [5.41, 5.74) is 0.145. The second-order valence-electron chi connectivity index (χ2n) is 9.98. The lowest BCUT2D eigenvalue weighted by Crippen LogP contribution is -2.55. The van der Waals surface area contributed by atoms with E-state index in [1.165, 1.54) is 0 Å². The summed E-state index contributed by atoms with van der Waals surface area (Å²) in [6.45, 7) is 8.79. The zero-order valence-corrected chi connectivity index (χ0v) is 21.1. The van der Waals surface area contributed by atoms with Crippen LogP contribution < -0.4 is 10.6 Å². The Balaban J connectivity index is 1.90. The Kier molecular flexibility index (Phi) is 9.91. The molecule has 3 amide bonds. The number of carbonyl (C=O) groups is 4. The minimum atomic E-state index is -1.05. The van der Waals surface area contributed by atoms with Crippen LogP contribution in [0.4, 0.5) is 9.59 Å². The van der Waals surface area contributed by atoms with Crippen molar-refractivity contribution in [1.82, 2.24) is 15.5 Å². The molecule has 3 atom stereocenters. The van der Waals surface area contributed by atoms with Crippen molar-refractivity contribution in [3.05, 3.63) is 35.9 Å². The Bertz CT molecular complexity index is 883. The van der Waals surface area contributed by atoms with Gasteiger partial charge in [0.2, 0.25) is 5.91 Å². The Morgan fingerprint density at radius 3 is 2.34 bits per heavy atom. The molecule has 0 radical (unpaired) electrons. The number of rotatable bonds is 8. The van der Waals surface area contributed by atoms with Gasteiger partial charge in [0.05, 0.1) is 5.92 Å². The summed E-state index contributed by atoms with van der Waals surface area (Å²) in [6, 6.07) is 8.00. The van der Waals surface area contributed by atoms with E-state index in [1.54, 1.807) is 25.7 Å². The number of nitrogens with zero attached hydrogens (tertiary/aromatic N) is 1. The normalized spacial score (nSPS) is 20.0. The fourth-order valence-corrected chi connectivity index (χ4v) is 4.13. The fourth-order valence-electron chi connectivity index (χ4n) is 4.13. The Morgan fingerprint density at radius 2 is 1.77 bits per heavy atom. The average molecular weight is 492 g/mol. The van der Waals surface area contributed by atoms with Gasteiger partial charge in [-0.15, -0.1) is 0 Å². The molecule has 10 heteroatoms. The Labute approximate surface area is 206 Å². The first kappa shape index (κ1) is 27.9. The third-order valence-corrected chi connectivity index (χ3v) is 5.65. The van der Waals surface area contributed by atoms with Crippen molar-refractivity contribution < 1.29 is 33.8 Å². The average Bonchev–Trinajstić information content (AvgIpc) is 2.76. The van der Waals surface area contributed by atoms with E-state index in [-0.39, 0.29) is 31.7 Å². The fraction of sp³-hybridized carbons (Fsp3) is 0.600. The van der Waals surface area contributed by atoms with Gasteiger partial charge in [0, 0.05) is 18.1 Å². The van der Waals surface area contributed by atoms with Gasteiger partial charge in [-0.3, -0.25) is 9.59 Å². The molecule has 0 aromatic heterocycles. The van der Waals surface area contributed by atoms with Crippen molar-refractivity contribution in [1.29, 1.82) is 0 Å². The highest BCUT2D eigenvalue weighted by molar-refractivity contribution is 5.83. The number of hydrogen-bond acceptors (Lipinski definition) is 6. The number of ether oxygens (including phenoxy) is 2. The number of nitrogens with one attached hydrogen (secondary N) is 2. The van der Waals surface area contributed by atoms with Gasteiger partial charge in [-0.05, 0) is 59.4 Å². The molecule has 0 aliphatic heterocycles. The van der Waals surface area contributed by atoms with Crippen LogP contribution in [0.5, 0.6) is 0 Å². The standard InChI is InChI=1S/C25H37N3O7/c1-16(2)28(24(33)35-25(3,4)5)18-11-12-20(19(13-18)22(30)31)27-21(29)14-26-23(32)34-15-17-9-7-6-8-10-17/h6-10,16,18-20H,11-15H2,1-5H3,(H,26,32)(H,27,29)(H,30,31)/t18-,19-,20+/m1/s1. The molecular formula is C25H37N3O7. The van der Waals surface area contributed by atoms with Crippen LogP contribution in [0.2, 0.25) is 0 Å². The number of carbonyl (C=O) groups excluding carboxylic acids is 3. The van der Waals surface area contributed by atoms with Gasteiger partial charge in [0.1, 0.15) is 18.8 Å². The molecule has 0 spiro atoms. The molecule has 0 bridgehead atoms. The van der Waals surface area contributed by atoms with E-state index in [9.17, 15) is 24.3 Å². The number of benzene rings is 1. The largest absolute Gasteiger partial charge is 0.481 e. The molecule has 3 N–H and O–H groups in total. The van der Waals surface area contributed by atoms with Gasteiger partial charge < -0.3 is 30.1 Å². The third kappa shape index (κ3) is 9.11. The van der Waals surface area contributed by atoms with Crippen molar-refractivity contribution in [2.75, 3.05) is 6.54 Å². The van der Waals surface area contributed by atoms with Gasteiger partial charge in [0.15, 0.2) is 0 Å². The number of carboxylic acid groups (broad SMARTS) is 1. The first-order valence-electron chi connectivity index (χ1n) is 11.9. The molecule has 1 aromatic carbocycles. The Hall–Kier alpha value is -3.30. The smallest absolute Gasteiger partial charge is 0.410 e. The van der Waals surface area contributed by atoms with E-state index in [2.05, 4.69) is 10.6 Å². The van der Waals surface area contributed by atoms with Crippen molar-refractivity contribution in [2.24, 2.45) is 5.92 Å². The maximum atomic E-state index is 12.8. The summed E-state index contributed by atoms with van der Waals surface area (Å²) < 4.78 is 10.6. The monoisotopic (exact) mass is 491 g/mol. The number of aliphatic carboxylic acids is 1. The topological polar surface area (TPSA) is 134 Å². The minimum Gasteiger partial charge on any atom is -0.481 e. The summed E-state index contributed by atoms with van der Waals surface area (Å²) in [5, 5.41) is 14.9. The second kappa shape index (κ2) is 12.4. The highest BCUT2D eigenvalue weighted by Gasteiger charge is 2.41. The van der Waals surface area contributed by atoms with Gasteiger partial charge in [-0.25, -0.2) is 9.59 Å². The summed E-state index contributed by atoms with van der Waals surface area (Å²) in [6.07, 6.45) is -0.157. The molecular weight excluding hydrogens is 454 g/mol. The highest BCUT2D eigenvalue weighted by atomic mass is 16.6. The summed E-state index contributed by atoms with van der Waals surface area (Å²) in [5.74, 6) is -2.45. The molecule has 1 aliphatic rings. The predicted molar refractivity (Wildman–Crippen MR) is 129 cm³/mol. The van der Waals surface area contributed by atoms with E-state index in [0.717, 1.165) is 5.56 Å². The molecule has 35 heavy (non-hydrogen) atoms. The van der Waals surface area contributed by atoms with Gasteiger partial charge in [0.25, 0.3) is 0 Å². The van der Waals surface area contributed by atoms with Crippen LogP contribution in [-0.4, -0.2) is 64.3 Å². The van der Waals surface area contributed by atoms with Crippen molar-refractivity contribution >= 4 is 24.1 Å². The van der Waals surface area contributed by atoms with Crippen LogP contribution in [0.3, 0.4) is 0 Å². The van der Waals surface area contributed by atoms with Crippen LogP contribution in [-0.2, 0) is 25.7 Å². The Morgan fingerprint density at radius 1 is 1.11 bits per heavy atom. The van der Waals surface area contributed by atoms with E-state index in [0.29, 0.717) is 12.8 Å². The second-order valence-corrected chi connectivity index (χ2v) is 9.98. The van der Waals surface area contributed by atoms with Crippen LogP contribution in [0.25, 0.3) is 0 Å². The number of hydrogen-bond donors (Lipinski definition) is 3. The SMILES string of the molecule is CC(C)N(C(=O)OC(C)(C)C)[C@@H]1CC[C@H](NC(=O)CNC(=O)OCc2ccccc2)[C@H](C(=O)O)C1. The summed E-state index contributed by atoms with van der Waals surface area (Å²) >= 11 is 0. The number of amides is 3. The lowest BCUT2D eigenvalue weighted by atomic mass is 9.80. The zero-order chi connectivity index (χ0) is 26.2. The molecule has 0 unspecified atom stereocenters. The van der Waals surface area contributed by atoms with Crippen LogP contribution in [0, 0.1) is 5.92 Å². The van der Waals surface area contributed by atoms with E-state index >= 15 is 0 Å². The molecule has 1 aliphatic carbocycles. The molecule has 0 heterocycles. The first-order chi connectivity index (χ1) is 16.4. The van der Waals surface area contributed by atoms with Crippen molar-refractivity contribution in [3.8, 4) is 0 Å². The molecule has 0 saturated heterocycles. The predicted octanol–water partition coefficient (Wildman–Crippen LogP) is 3.30. The summed E-state index contributed by atoms with van der Waals surface area (Å²) in [7, 11) is 0. The van der Waals surface area contributed by atoms with Crippen LogP contribution >= 0.6 is 0 Å². The third-order valence-electron chi connectivity index (χ3n) is 5.65. The zero-order valence-electron chi connectivity index (χ0n) is 21.1. The number of carboxylic acids is 1. The maximum Gasteiger partial charge on any atom is 0.410 e. The highest BCUT2D eigenvalue weighted by Crippen LogP contribution is 2.31. The van der Waals surface area contributed by atoms with E-state index in [4.69, 9.17) is 9.47 Å². The molecule has 194 valence electrons. The maximum absolute atomic E-state index is 12.8. The van der Waals surface area contributed by atoms with Crippen molar-refractivity contribution in [3.63, 3.8) is 0 Å².